The third-order valence-electron chi connectivity index (χ3n) is 2.56. The lowest BCUT2D eigenvalue weighted by Crippen LogP contribution is -1.95. The van der Waals surface area contributed by atoms with Gasteiger partial charge in [-0.3, -0.25) is 0 Å². The van der Waals surface area contributed by atoms with Crippen molar-refractivity contribution in [2.24, 2.45) is 5.73 Å². The zero-order valence-electron chi connectivity index (χ0n) is 10.1. The quantitative estimate of drug-likeness (QED) is 0.876. The summed E-state index contributed by atoms with van der Waals surface area (Å²) in [5.74, 6) is 1.74. The van der Waals surface area contributed by atoms with Gasteiger partial charge in [0.05, 0.1) is 13.7 Å². The van der Waals surface area contributed by atoms with Gasteiger partial charge in [0.2, 0.25) is 5.89 Å². The van der Waals surface area contributed by atoms with Crippen LogP contribution in [0.15, 0.2) is 28.7 Å². The van der Waals surface area contributed by atoms with Gasteiger partial charge in [0.25, 0.3) is 5.88 Å². The van der Waals surface area contributed by atoms with E-state index in [-0.39, 0.29) is 6.54 Å². The third kappa shape index (κ3) is 2.65. The Labute approximate surface area is 100 Å². The number of nitrogens with two attached hydrogens (primary N) is 1. The molecule has 0 spiro atoms. The molecule has 1 aromatic heterocycles. The van der Waals surface area contributed by atoms with Gasteiger partial charge >= 0.3 is 0 Å². The Morgan fingerprint density at radius 1 is 1.29 bits per heavy atom. The van der Waals surface area contributed by atoms with Crippen LogP contribution in [0.25, 0.3) is 0 Å². The van der Waals surface area contributed by atoms with Gasteiger partial charge in [0.15, 0.2) is 5.76 Å². The molecule has 1 heterocycles. The molecule has 0 amide bonds. The molecule has 17 heavy (non-hydrogen) atoms. The van der Waals surface area contributed by atoms with Crippen LogP contribution >= 0.6 is 0 Å². The number of ether oxygens (including phenoxy) is 1. The Hall–Kier alpha value is -1.81. The van der Waals surface area contributed by atoms with E-state index in [1.165, 1.54) is 5.56 Å². The van der Waals surface area contributed by atoms with Gasteiger partial charge in [-0.15, -0.1) is 0 Å². The molecule has 0 unspecified atom stereocenters. The van der Waals surface area contributed by atoms with Crippen LogP contribution in [0.5, 0.6) is 5.88 Å². The van der Waals surface area contributed by atoms with Gasteiger partial charge < -0.3 is 14.9 Å². The molecule has 2 N–H and O–H groups in total. The number of oxazole rings is 1. The minimum Gasteiger partial charge on any atom is -0.479 e. The van der Waals surface area contributed by atoms with E-state index in [2.05, 4.69) is 36.2 Å². The summed E-state index contributed by atoms with van der Waals surface area (Å²) in [6.07, 6.45) is 0.663. The summed E-state index contributed by atoms with van der Waals surface area (Å²) in [7, 11) is 1.58. The van der Waals surface area contributed by atoms with Crippen LogP contribution in [0, 0.1) is 6.92 Å². The SMILES string of the molecule is COc1nc(CN)oc1Cc1ccc(C)cc1. The summed E-state index contributed by atoms with van der Waals surface area (Å²) in [5, 5.41) is 0. The van der Waals surface area contributed by atoms with Crippen LogP contribution in [0.3, 0.4) is 0 Å². The van der Waals surface area contributed by atoms with E-state index in [9.17, 15) is 0 Å². The van der Waals surface area contributed by atoms with E-state index in [4.69, 9.17) is 14.9 Å². The first-order valence-corrected chi connectivity index (χ1v) is 5.51. The summed E-state index contributed by atoms with van der Waals surface area (Å²) in [6, 6.07) is 8.28. The first-order valence-electron chi connectivity index (χ1n) is 5.51. The van der Waals surface area contributed by atoms with Crippen molar-refractivity contribution in [2.75, 3.05) is 7.11 Å². The molecule has 2 rings (SSSR count). The van der Waals surface area contributed by atoms with Crippen LogP contribution in [-0.2, 0) is 13.0 Å². The van der Waals surface area contributed by atoms with Crippen molar-refractivity contribution in [1.29, 1.82) is 0 Å². The highest BCUT2D eigenvalue weighted by molar-refractivity contribution is 5.28. The van der Waals surface area contributed by atoms with Crippen molar-refractivity contribution in [2.45, 2.75) is 19.9 Å². The van der Waals surface area contributed by atoms with Crippen LogP contribution < -0.4 is 10.5 Å². The lowest BCUT2D eigenvalue weighted by atomic mass is 10.1. The van der Waals surface area contributed by atoms with E-state index in [0.717, 1.165) is 11.3 Å². The largest absolute Gasteiger partial charge is 0.479 e. The molecular formula is C13H16N2O2. The Bertz CT molecular complexity index is 489. The molecule has 1 aromatic carbocycles. The molecule has 0 aliphatic rings. The maximum absolute atomic E-state index is 5.53. The van der Waals surface area contributed by atoms with Crippen molar-refractivity contribution in [3.05, 3.63) is 47.0 Å². The fourth-order valence-corrected chi connectivity index (χ4v) is 1.63. The number of rotatable bonds is 4. The molecule has 0 saturated carbocycles. The average molecular weight is 232 g/mol. The summed E-state index contributed by atoms with van der Waals surface area (Å²) in [6.45, 7) is 2.34. The highest BCUT2D eigenvalue weighted by Gasteiger charge is 2.13. The third-order valence-corrected chi connectivity index (χ3v) is 2.56. The molecule has 0 aliphatic carbocycles. The number of hydrogen-bond donors (Lipinski definition) is 1. The first-order chi connectivity index (χ1) is 8.22. The number of nitrogens with zero attached hydrogens (tertiary/aromatic N) is 1. The summed E-state index contributed by atoms with van der Waals surface area (Å²) >= 11 is 0. The average Bonchev–Trinajstić information content (AvgIpc) is 2.74. The topological polar surface area (TPSA) is 61.3 Å². The van der Waals surface area contributed by atoms with Crippen LogP contribution in [0.1, 0.15) is 22.8 Å². The second-order valence-corrected chi connectivity index (χ2v) is 3.91. The molecule has 0 bridgehead atoms. The zero-order valence-corrected chi connectivity index (χ0v) is 10.1. The summed E-state index contributed by atoms with van der Waals surface area (Å²) in [4.78, 5) is 4.15. The van der Waals surface area contributed by atoms with E-state index < -0.39 is 0 Å². The van der Waals surface area contributed by atoms with E-state index in [1.807, 2.05) is 0 Å². The Morgan fingerprint density at radius 3 is 2.59 bits per heavy atom. The molecule has 90 valence electrons. The molecule has 0 atom stereocenters. The molecule has 0 aliphatic heterocycles. The molecule has 4 nitrogen and oxygen atoms in total. The fraction of sp³-hybridized carbons (Fsp3) is 0.308. The molecule has 0 fully saturated rings. The van der Waals surface area contributed by atoms with Crippen LogP contribution in [0.2, 0.25) is 0 Å². The number of benzene rings is 1. The highest BCUT2D eigenvalue weighted by Crippen LogP contribution is 2.22. The first kappa shape index (κ1) is 11.7. The lowest BCUT2D eigenvalue weighted by molar-refractivity contribution is 0.384. The van der Waals surface area contributed by atoms with Crippen LogP contribution in [0.4, 0.5) is 0 Å². The van der Waals surface area contributed by atoms with Gasteiger partial charge in [-0.1, -0.05) is 29.8 Å². The van der Waals surface area contributed by atoms with Crippen molar-refractivity contribution in [3.63, 3.8) is 0 Å². The highest BCUT2D eigenvalue weighted by atomic mass is 16.5. The van der Waals surface area contributed by atoms with Gasteiger partial charge in [-0.2, -0.15) is 4.98 Å². The minimum atomic E-state index is 0.282. The normalized spacial score (nSPS) is 10.5. The van der Waals surface area contributed by atoms with Gasteiger partial charge in [-0.25, -0.2) is 0 Å². The van der Waals surface area contributed by atoms with Crippen molar-refractivity contribution in [1.82, 2.24) is 4.98 Å². The van der Waals surface area contributed by atoms with Crippen molar-refractivity contribution < 1.29 is 9.15 Å². The van der Waals surface area contributed by atoms with Crippen molar-refractivity contribution in [3.8, 4) is 5.88 Å². The van der Waals surface area contributed by atoms with E-state index >= 15 is 0 Å². The number of aryl methyl sites for hydroxylation is 1. The van der Waals surface area contributed by atoms with Crippen LogP contribution in [-0.4, -0.2) is 12.1 Å². The Morgan fingerprint density at radius 2 is 2.00 bits per heavy atom. The second-order valence-electron chi connectivity index (χ2n) is 3.91. The molecular weight excluding hydrogens is 216 g/mol. The van der Waals surface area contributed by atoms with Gasteiger partial charge in [-0.05, 0) is 12.5 Å². The molecule has 4 heteroatoms. The second kappa shape index (κ2) is 5.01. The molecule has 0 saturated heterocycles. The fourth-order valence-electron chi connectivity index (χ4n) is 1.63. The van der Waals surface area contributed by atoms with E-state index in [1.54, 1.807) is 7.11 Å². The lowest BCUT2D eigenvalue weighted by Gasteiger charge is -2.00. The molecule has 2 aromatic rings. The predicted octanol–water partition coefficient (Wildman–Crippen LogP) is 2.04. The number of aromatic nitrogens is 1. The monoisotopic (exact) mass is 232 g/mol. The standard InChI is InChI=1S/C13H16N2O2/c1-9-3-5-10(6-4-9)7-11-13(16-2)15-12(8-14)17-11/h3-6H,7-8,14H2,1-2H3. The zero-order chi connectivity index (χ0) is 12.3. The Balaban J connectivity index is 2.22. The minimum absolute atomic E-state index is 0.282. The van der Waals surface area contributed by atoms with Gasteiger partial charge in [0, 0.05) is 6.42 Å². The number of hydrogen-bond acceptors (Lipinski definition) is 4. The number of methoxy groups -OCH3 is 1. The van der Waals surface area contributed by atoms with Gasteiger partial charge in [0.1, 0.15) is 0 Å². The maximum atomic E-state index is 5.53. The van der Waals surface area contributed by atoms with Crippen molar-refractivity contribution >= 4 is 0 Å². The Kier molecular flexibility index (Phi) is 3.44. The smallest absolute Gasteiger partial charge is 0.256 e. The maximum Gasteiger partial charge on any atom is 0.256 e. The summed E-state index contributed by atoms with van der Waals surface area (Å²) in [5.41, 5.74) is 7.89. The van der Waals surface area contributed by atoms with E-state index in [0.29, 0.717) is 18.2 Å². The summed E-state index contributed by atoms with van der Waals surface area (Å²) < 4.78 is 10.7. The predicted molar refractivity (Wildman–Crippen MR) is 64.9 cm³/mol. The molecule has 0 radical (unpaired) electrons.